The van der Waals surface area contributed by atoms with Gasteiger partial charge in [0.05, 0.1) is 17.2 Å². The summed E-state index contributed by atoms with van der Waals surface area (Å²) in [4.78, 5) is 44.9. The first-order valence-corrected chi connectivity index (χ1v) is 9.93. The van der Waals surface area contributed by atoms with Gasteiger partial charge in [0, 0.05) is 45.7 Å². The van der Waals surface area contributed by atoms with E-state index in [4.69, 9.17) is 0 Å². The number of aryl methyl sites for hydroxylation is 1. The second-order valence-electron chi connectivity index (χ2n) is 7.31. The van der Waals surface area contributed by atoms with Gasteiger partial charge in [-0.25, -0.2) is 4.98 Å². The van der Waals surface area contributed by atoms with Crippen molar-refractivity contribution < 1.29 is 9.59 Å². The molecule has 156 valence electrons. The Kier molecular flexibility index (Phi) is 6.61. The summed E-state index contributed by atoms with van der Waals surface area (Å²) < 4.78 is 1.48. The molecule has 2 aromatic carbocycles. The number of carbonyl (C=O) groups excluding carboxylic acids is 2. The number of rotatable bonds is 7. The van der Waals surface area contributed by atoms with Gasteiger partial charge in [-0.2, -0.15) is 0 Å². The van der Waals surface area contributed by atoms with Crippen molar-refractivity contribution in [2.24, 2.45) is 0 Å². The third-order valence-electron chi connectivity index (χ3n) is 5.01. The SMILES string of the molecule is CCN(Cc1ccc(C(=O)N(C)C)cc1)C(=O)CCn1cnc2ccccc2c1=O. The van der Waals surface area contributed by atoms with Gasteiger partial charge in [0.15, 0.2) is 0 Å². The lowest BCUT2D eigenvalue weighted by Crippen LogP contribution is -2.32. The number of hydrogen-bond acceptors (Lipinski definition) is 4. The molecule has 0 bridgehead atoms. The van der Waals surface area contributed by atoms with E-state index in [1.54, 1.807) is 49.3 Å². The monoisotopic (exact) mass is 406 g/mol. The highest BCUT2D eigenvalue weighted by Crippen LogP contribution is 2.11. The summed E-state index contributed by atoms with van der Waals surface area (Å²) in [5.41, 5.74) is 2.07. The fourth-order valence-electron chi connectivity index (χ4n) is 3.25. The average molecular weight is 406 g/mol. The molecule has 1 aromatic heterocycles. The molecule has 2 amide bonds. The lowest BCUT2D eigenvalue weighted by molar-refractivity contribution is -0.131. The Bertz CT molecular complexity index is 1100. The number of benzene rings is 2. The van der Waals surface area contributed by atoms with E-state index in [9.17, 15) is 14.4 Å². The lowest BCUT2D eigenvalue weighted by atomic mass is 10.1. The fourth-order valence-corrected chi connectivity index (χ4v) is 3.25. The van der Waals surface area contributed by atoms with E-state index in [0.717, 1.165) is 5.56 Å². The molecule has 1 heterocycles. The molecule has 3 aromatic rings. The molecule has 0 aliphatic heterocycles. The van der Waals surface area contributed by atoms with Gasteiger partial charge in [-0.15, -0.1) is 0 Å². The average Bonchev–Trinajstić information content (AvgIpc) is 2.76. The van der Waals surface area contributed by atoms with Crippen molar-refractivity contribution in [2.45, 2.75) is 26.4 Å². The molecule has 7 heteroatoms. The summed E-state index contributed by atoms with van der Waals surface area (Å²) in [5.74, 6) is -0.0922. The lowest BCUT2D eigenvalue weighted by Gasteiger charge is -2.21. The van der Waals surface area contributed by atoms with E-state index in [0.29, 0.717) is 29.6 Å². The Morgan fingerprint density at radius 3 is 2.40 bits per heavy atom. The maximum absolute atomic E-state index is 12.7. The molecule has 0 unspecified atom stereocenters. The first-order valence-electron chi connectivity index (χ1n) is 9.93. The van der Waals surface area contributed by atoms with Gasteiger partial charge in [-0.1, -0.05) is 24.3 Å². The molecule has 3 rings (SSSR count). The zero-order chi connectivity index (χ0) is 21.7. The fraction of sp³-hybridized carbons (Fsp3) is 0.304. The topological polar surface area (TPSA) is 75.5 Å². The summed E-state index contributed by atoms with van der Waals surface area (Å²) in [5, 5.41) is 0.548. The summed E-state index contributed by atoms with van der Waals surface area (Å²) in [6.07, 6.45) is 1.71. The van der Waals surface area contributed by atoms with Gasteiger partial charge < -0.3 is 9.80 Å². The highest BCUT2D eigenvalue weighted by molar-refractivity contribution is 5.93. The van der Waals surface area contributed by atoms with Crippen LogP contribution < -0.4 is 5.56 Å². The zero-order valence-electron chi connectivity index (χ0n) is 17.5. The molecule has 0 fully saturated rings. The predicted octanol–water partition coefficient (Wildman–Crippen LogP) is 2.54. The maximum atomic E-state index is 12.7. The number of fused-ring (bicyclic) bond motifs is 1. The first-order chi connectivity index (χ1) is 14.4. The molecule has 0 spiro atoms. The summed E-state index contributed by atoms with van der Waals surface area (Å²) in [6, 6.07) is 14.5. The van der Waals surface area contributed by atoms with Gasteiger partial charge in [-0.05, 0) is 36.8 Å². The van der Waals surface area contributed by atoms with Crippen LogP contribution >= 0.6 is 0 Å². The Hall–Kier alpha value is -3.48. The zero-order valence-corrected chi connectivity index (χ0v) is 17.5. The largest absolute Gasteiger partial charge is 0.345 e. The van der Waals surface area contributed by atoms with Crippen LogP contribution in [0.2, 0.25) is 0 Å². The Morgan fingerprint density at radius 2 is 1.73 bits per heavy atom. The Labute approximate surface area is 175 Å². The molecule has 0 saturated carbocycles. The van der Waals surface area contributed by atoms with Gasteiger partial charge >= 0.3 is 0 Å². The maximum Gasteiger partial charge on any atom is 0.261 e. The van der Waals surface area contributed by atoms with Crippen molar-refractivity contribution in [2.75, 3.05) is 20.6 Å². The minimum absolute atomic E-state index is 0.0361. The molecule has 0 radical (unpaired) electrons. The highest BCUT2D eigenvalue weighted by atomic mass is 16.2. The van der Waals surface area contributed by atoms with E-state index in [1.807, 2.05) is 25.1 Å². The van der Waals surface area contributed by atoms with Crippen molar-refractivity contribution in [3.05, 3.63) is 76.3 Å². The third kappa shape index (κ3) is 4.74. The van der Waals surface area contributed by atoms with Gasteiger partial charge in [0.2, 0.25) is 5.91 Å². The number of hydrogen-bond donors (Lipinski definition) is 0. The van der Waals surface area contributed by atoms with E-state index in [1.165, 1.54) is 15.8 Å². The highest BCUT2D eigenvalue weighted by Gasteiger charge is 2.14. The summed E-state index contributed by atoms with van der Waals surface area (Å²) in [6.45, 7) is 3.21. The van der Waals surface area contributed by atoms with Crippen LogP contribution in [0, 0.1) is 0 Å². The molecular formula is C23H26N4O3. The second kappa shape index (κ2) is 9.35. The van der Waals surface area contributed by atoms with Crippen LogP contribution in [0.1, 0.15) is 29.3 Å². The number of aromatic nitrogens is 2. The molecular weight excluding hydrogens is 380 g/mol. The van der Waals surface area contributed by atoms with Crippen LogP contribution in [-0.2, 0) is 17.9 Å². The predicted molar refractivity (Wildman–Crippen MR) is 116 cm³/mol. The van der Waals surface area contributed by atoms with Crippen LogP contribution in [0.4, 0.5) is 0 Å². The minimum atomic E-state index is -0.141. The molecule has 7 nitrogen and oxygen atoms in total. The third-order valence-corrected chi connectivity index (χ3v) is 5.01. The normalized spacial score (nSPS) is 10.8. The molecule has 0 atom stereocenters. The molecule has 30 heavy (non-hydrogen) atoms. The van der Waals surface area contributed by atoms with E-state index in [-0.39, 0.29) is 30.3 Å². The van der Waals surface area contributed by atoms with E-state index < -0.39 is 0 Å². The molecule has 0 aliphatic rings. The van der Waals surface area contributed by atoms with Crippen LogP contribution in [0.25, 0.3) is 10.9 Å². The van der Waals surface area contributed by atoms with Crippen LogP contribution in [0.15, 0.2) is 59.7 Å². The summed E-state index contributed by atoms with van der Waals surface area (Å²) >= 11 is 0. The number of para-hydroxylation sites is 1. The van der Waals surface area contributed by atoms with Crippen molar-refractivity contribution in [1.29, 1.82) is 0 Å². The van der Waals surface area contributed by atoms with Crippen LogP contribution in [0.3, 0.4) is 0 Å². The number of amides is 2. The molecule has 0 saturated heterocycles. The van der Waals surface area contributed by atoms with Crippen molar-refractivity contribution in [3.8, 4) is 0 Å². The quantitative estimate of drug-likeness (QED) is 0.604. The summed E-state index contributed by atoms with van der Waals surface area (Å²) in [7, 11) is 3.42. The molecule has 0 aliphatic carbocycles. The second-order valence-corrected chi connectivity index (χ2v) is 7.31. The van der Waals surface area contributed by atoms with Crippen molar-refractivity contribution in [1.82, 2.24) is 19.4 Å². The van der Waals surface area contributed by atoms with Gasteiger partial charge in [0.25, 0.3) is 11.5 Å². The van der Waals surface area contributed by atoms with Gasteiger partial charge in [0.1, 0.15) is 0 Å². The van der Waals surface area contributed by atoms with E-state index >= 15 is 0 Å². The van der Waals surface area contributed by atoms with Crippen molar-refractivity contribution >= 4 is 22.7 Å². The van der Waals surface area contributed by atoms with Crippen molar-refractivity contribution in [3.63, 3.8) is 0 Å². The van der Waals surface area contributed by atoms with Gasteiger partial charge in [-0.3, -0.25) is 19.0 Å². The Morgan fingerprint density at radius 1 is 1.03 bits per heavy atom. The Balaban J connectivity index is 1.65. The number of carbonyl (C=O) groups is 2. The standard InChI is InChI=1S/C23H26N4O3/c1-4-26(15-17-9-11-18(12-10-17)22(29)25(2)3)21(28)13-14-27-16-24-20-8-6-5-7-19(20)23(27)30/h5-12,16H,4,13-15H2,1-3H3. The first kappa shape index (κ1) is 21.2. The van der Waals surface area contributed by atoms with Crippen LogP contribution in [0.5, 0.6) is 0 Å². The number of nitrogens with zero attached hydrogens (tertiary/aromatic N) is 4. The molecule has 0 N–H and O–H groups in total. The smallest absolute Gasteiger partial charge is 0.261 e. The van der Waals surface area contributed by atoms with Crippen LogP contribution in [-0.4, -0.2) is 51.8 Å². The van der Waals surface area contributed by atoms with E-state index in [2.05, 4.69) is 4.98 Å². The minimum Gasteiger partial charge on any atom is -0.345 e.